The summed E-state index contributed by atoms with van der Waals surface area (Å²) in [6.45, 7) is 3.61. The van der Waals surface area contributed by atoms with Crippen LogP contribution in [0.5, 0.6) is 0 Å². The van der Waals surface area contributed by atoms with Crippen molar-refractivity contribution in [1.82, 2.24) is 9.80 Å². The van der Waals surface area contributed by atoms with E-state index in [4.69, 9.17) is 16.3 Å². The van der Waals surface area contributed by atoms with E-state index < -0.39 is 0 Å². The molecule has 5 heteroatoms. The van der Waals surface area contributed by atoms with Crippen LogP contribution in [0.25, 0.3) is 0 Å². The number of amides is 1. The number of hydrogen-bond donors (Lipinski definition) is 0. The van der Waals surface area contributed by atoms with Gasteiger partial charge in [-0.2, -0.15) is 0 Å². The lowest BCUT2D eigenvalue weighted by Crippen LogP contribution is -2.39. The van der Waals surface area contributed by atoms with Gasteiger partial charge in [0.25, 0.3) is 5.91 Å². The number of nitrogens with zero attached hydrogens (tertiary/aromatic N) is 2. The van der Waals surface area contributed by atoms with Gasteiger partial charge in [0, 0.05) is 42.3 Å². The lowest BCUT2D eigenvalue weighted by atomic mass is 10.1. The number of halogens is 1. The van der Waals surface area contributed by atoms with Gasteiger partial charge < -0.3 is 9.64 Å². The second kappa shape index (κ2) is 10.1. The maximum absolute atomic E-state index is 13.2. The van der Waals surface area contributed by atoms with Gasteiger partial charge in [-0.1, -0.05) is 72.3 Å². The van der Waals surface area contributed by atoms with Crippen molar-refractivity contribution in [2.45, 2.75) is 38.1 Å². The molecule has 0 radical (unpaired) electrons. The summed E-state index contributed by atoms with van der Waals surface area (Å²) < 4.78 is 6.63. The predicted octanol–water partition coefficient (Wildman–Crippen LogP) is 5.72. The average molecular weight is 461 g/mol. The van der Waals surface area contributed by atoms with Crippen LogP contribution in [-0.4, -0.2) is 41.4 Å². The summed E-state index contributed by atoms with van der Waals surface area (Å²) in [6, 6.07) is 26.3. The van der Waals surface area contributed by atoms with E-state index in [0.29, 0.717) is 6.54 Å². The minimum atomic E-state index is -0.313. The lowest BCUT2D eigenvalue weighted by molar-refractivity contribution is -0.0992. The van der Waals surface area contributed by atoms with Crippen molar-refractivity contribution in [3.8, 4) is 0 Å². The third-order valence-electron chi connectivity index (χ3n) is 6.66. The van der Waals surface area contributed by atoms with Crippen molar-refractivity contribution in [3.05, 3.63) is 106 Å². The van der Waals surface area contributed by atoms with Gasteiger partial charge >= 0.3 is 0 Å². The Morgan fingerprint density at radius 3 is 2.30 bits per heavy atom. The molecule has 3 aromatic rings. The zero-order valence-corrected chi connectivity index (χ0v) is 19.5. The molecule has 170 valence electrons. The summed E-state index contributed by atoms with van der Waals surface area (Å²) in [5.74, 6) is 0.0612. The summed E-state index contributed by atoms with van der Waals surface area (Å²) in [4.78, 5) is 17.6. The van der Waals surface area contributed by atoms with E-state index in [1.165, 1.54) is 5.56 Å². The van der Waals surface area contributed by atoms with Gasteiger partial charge in [-0.25, -0.2) is 0 Å². The minimum Gasteiger partial charge on any atom is -0.351 e. The smallest absolute Gasteiger partial charge is 0.256 e. The lowest BCUT2D eigenvalue weighted by Gasteiger charge is -2.35. The molecule has 0 aromatic heterocycles. The number of hydrogen-bond acceptors (Lipinski definition) is 3. The maximum atomic E-state index is 13.2. The highest BCUT2D eigenvalue weighted by Gasteiger charge is 2.38. The summed E-state index contributed by atoms with van der Waals surface area (Å²) in [5.41, 5.74) is 4.27. The number of fused-ring (bicyclic) bond motifs is 1. The van der Waals surface area contributed by atoms with Crippen molar-refractivity contribution >= 4 is 17.5 Å². The van der Waals surface area contributed by atoms with Gasteiger partial charge in [0.05, 0.1) is 6.10 Å². The Hall–Kier alpha value is -2.66. The average Bonchev–Trinajstić information content (AvgIpc) is 3.11. The molecule has 1 saturated heterocycles. The third kappa shape index (κ3) is 5.14. The Balaban J connectivity index is 1.24. The fourth-order valence-electron chi connectivity index (χ4n) is 4.83. The van der Waals surface area contributed by atoms with E-state index in [-0.39, 0.29) is 18.2 Å². The second-order valence-electron chi connectivity index (χ2n) is 8.91. The third-order valence-corrected chi connectivity index (χ3v) is 6.91. The molecule has 0 bridgehead atoms. The summed E-state index contributed by atoms with van der Waals surface area (Å²) in [7, 11) is 0. The van der Waals surface area contributed by atoms with Crippen LogP contribution in [-0.2, 0) is 17.7 Å². The van der Waals surface area contributed by atoms with Crippen LogP contribution in [0.15, 0.2) is 78.9 Å². The molecule has 0 aliphatic carbocycles. The highest BCUT2D eigenvalue weighted by atomic mass is 35.5. The number of piperidine rings is 1. The first-order valence-corrected chi connectivity index (χ1v) is 12.1. The molecule has 0 saturated carbocycles. The van der Waals surface area contributed by atoms with Crippen LogP contribution >= 0.6 is 11.6 Å². The Bertz CT molecular complexity index is 1080. The Morgan fingerprint density at radius 1 is 0.848 bits per heavy atom. The molecule has 4 nitrogen and oxygen atoms in total. The van der Waals surface area contributed by atoms with Crippen LogP contribution in [0.3, 0.4) is 0 Å². The highest BCUT2D eigenvalue weighted by Crippen LogP contribution is 2.36. The number of benzene rings is 3. The molecule has 1 fully saturated rings. The van der Waals surface area contributed by atoms with Crippen LogP contribution in [0.2, 0.25) is 5.02 Å². The van der Waals surface area contributed by atoms with Crippen molar-refractivity contribution < 1.29 is 9.53 Å². The Labute approximate surface area is 200 Å². The molecule has 5 rings (SSSR count). The van der Waals surface area contributed by atoms with E-state index in [0.717, 1.165) is 60.6 Å². The molecule has 2 aliphatic rings. The molecule has 33 heavy (non-hydrogen) atoms. The zero-order chi connectivity index (χ0) is 22.6. The number of carbonyl (C=O) groups is 1. The predicted molar refractivity (Wildman–Crippen MR) is 131 cm³/mol. The van der Waals surface area contributed by atoms with Gasteiger partial charge in [0.15, 0.2) is 6.23 Å². The van der Waals surface area contributed by atoms with Crippen molar-refractivity contribution in [3.63, 3.8) is 0 Å². The van der Waals surface area contributed by atoms with Crippen molar-refractivity contribution in [2.24, 2.45) is 0 Å². The molecule has 1 atom stereocenters. The molecule has 3 aromatic carbocycles. The van der Waals surface area contributed by atoms with Crippen molar-refractivity contribution in [2.75, 3.05) is 19.6 Å². The second-order valence-corrected chi connectivity index (χ2v) is 9.35. The van der Waals surface area contributed by atoms with Gasteiger partial charge in [-0.15, -0.1) is 0 Å². The van der Waals surface area contributed by atoms with Gasteiger partial charge in [0.1, 0.15) is 0 Å². The summed E-state index contributed by atoms with van der Waals surface area (Å²) in [6.07, 6.45) is 2.56. The normalized spacial score (nSPS) is 19.1. The molecular weight excluding hydrogens is 432 g/mol. The van der Waals surface area contributed by atoms with E-state index in [2.05, 4.69) is 35.2 Å². The molecule has 0 N–H and O–H groups in total. The van der Waals surface area contributed by atoms with Crippen molar-refractivity contribution in [1.29, 1.82) is 0 Å². The van der Waals surface area contributed by atoms with Crippen LogP contribution in [0.1, 0.15) is 46.1 Å². The summed E-state index contributed by atoms with van der Waals surface area (Å²) >= 11 is 6.02. The number of rotatable bonds is 7. The molecule has 0 spiro atoms. The first-order chi connectivity index (χ1) is 16.2. The topological polar surface area (TPSA) is 32.8 Å². The van der Waals surface area contributed by atoms with Crippen LogP contribution < -0.4 is 0 Å². The number of carbonyl (C=O) groups excluding carboxylic acids is 1. The van der Waals surface area contributed by atoms with Gasteiger partial charge in [-0.05, 0) is 48.6 Å². The first kappa shape index (κ1) is 22.1. The van der Waals surface area contributed by atoms with Crippen LogP contribution in [0.4, 0.5) is 0 Å². The molecule has 1 amide bonds. The van der Waals surface area contributed by atoms with E-state index >= 15 is 0 Å². The van der Waals surface area contributed by atoms with E-state index in [9.17, 15) is 4.79 Å². The zero-order valence-electron chi connectivity index (χ0n) is 18.7. The SMILES string of the molecule is O=C1c2ccccc2[C@@H](OC2CCN(Cc3ccccc3)CC2)N1CCc1ccc(Cl)cc1. The fraction of sp³-hybridized carbons (Fsp3) is 0.321. The Kier molecular flexibility index (Phi) is 6.77. The summed E-state index contributed by atoms with van der Waals surface area (Å²) in [5, 5.41) is 0.725. The fourth-order valence-corrected chi connectivity index (χ4v) is 4.96. The van der Waals surface area contributed by atoms with E-state index in [1.807, 2.05) is 53.4 Å². The monoisotopic (exact) mass is 460 g/mol. The van der Waals surface area contributed by atoms with Crippen LogP contribution in [0, 0.1) is 0 Å². The highest BCUT2D eigenvalue weighted by molar-refractivity contribution is 6.30. The molecule has 0 unspecified atom stereocenters. The molecule has 2 aliphatic heterocycles. The Morgan fingerprint density at radius 2 is 1.55 bits per heavy atom. The first-order valence-electron chi connectivity index (χ1n) is 11.7. The van der Waals surface area contributed by atoms with Gasteiger partial charge in [-0.3, -0.25) is 9.69 Å². The van der Waals surface area contributed by atoms with Gasteiger partial charge in [0.2, 0.25) is 0 Å². The molecule has 2 heterocycles. The number of likely N-dealkylation sites (tertiary alicyclic amines) is 1. The number of ether oxygens (including phenoxy) is 1. The largest absolute Gasteiger partial charge is 0.351 e. The standard InChI is InChI=1S/C28H29ClN2O2/c29-23-12-10-21(11-13-23)14-19-31-27(32)25-8-4-5-9-26(25)28(31)33-24-15-17-30(18-16-24)20-22-6-2-1-3-7-22/h1-13,24,28H,14-20H2/t28-/m1/s1. The molecular formula is C28H29ClN2O2. The maximum Gasteiger partial charge on any atom is 0.256 e. The minimum absolute atomic E-state index is 0.0612. The quantitative estimate of drug-likeness (QED) is 0.452. The van der Waals surface area contributed by atoms with E-state index in [1.54, 1.807) is 0 Å².